The number of esters is 1. The van der Waals surface area contributed by atoms with Crippen LogP contribution in [0.15, 0.2) is 66.7 Å². The highest BCUT2D eigenvalue weighted by Gasteiger charge is 2.38. The number of fused-ring (bicyclic) bond motifs is 1. The number of anilines is 1. The van der Waals surface area contributed by atoms with Crippen molar-refractivity contribution in [2.24, 2.45) is 0 Å². The largest absolute Gasteiger partial charge is 0.457 e. The molecule has 0 spiro atoms. The van der Waals surface area contributed by atoms with Gasteiger partial charge in [-0.25, -0.2) is 9.69 Å². The molecule has 0 atom stereocenters. The van der Waals surface area contributed by atoms with E-state index in [1.165, 1.54) is 24.3 Å². The van der Waals surface area contributed by atoms with Gasteiger partial charge < -0.3 is 4.74 Å². The second kappa shape index (κ2) is 8.12. The molecule has 0 saturated heterocycles. The van der Waals surface area contributed by atoms with Gasteiger partial charge in [-0.3, -0.25) is 9.59 Å². The average molecular weight is 460 g/mol. The van der Waals surface area contributed by atoms with Crippen molar-refractivity contribution in [2.45, 2.75) is 12.8 Å². The molecule has 0 aromatic heterocycles. The van der Waals surface area contributed by atoms with E-state index in [4.69, 9.17) is 16.3 Å². The van der Waals surface area contributed by atoms with Crippen molar-refractivity contribution >= 4 is 35.1 Å². The quantitative estimate of drug-likeness (QED) is 0.381. The van der Waals surface area contributed by atoms with Crippen molar-refractivity contribution in [2.75, 3.05) is 4.90 Å². The van der Waals surface area contributed by atoms with Gasteiger partial charge in [-0.15, -0.1) is 0 Å². The average Bonchev–Trinajstić information content (AvgIpc) is 3.02. The summed E-state index contributed by atoms with van der Waals surface area (Å²) in [5.74, 6) is -2.32. The number of benzene rings is 3. The molecular weight excluding hydrogens is 447 g/mol. The lowest BCUT2D eigenvalue weighted by molar-refractivity contribution is -0.137. The van der Waals surface area contributed by atoms with Crippen LogP contribution in [-0.4, -0.2) is 17.8 Å². The fourth-order valence-corrected chi connectivity index (χ4v) is 3.36. The van der Waals surface area contributed by atoms with Crippen molar-refractivity contribution < 1.29 is 32.3 Å². The summed E-state index contributed by atoms with van der Waals surface area (Å²) in [6, 6.07) is 14.4. The molecule has 1 heterocycles. The molecule has 162 valence electrons. The standard InChI is InChI=1S/C23H13ClF3NO4/c24-16-7-4-13(5-8-16)12-32-22(31)14-6-9-18-19(10-14)21(30)28(20(18)29)17-3-1-2-15(11-17)23(25,26)27/h1-11H,12H2. The van der Waals surface area contributed by atoms with E-state index in [0.29, 0.717) is 15.5 Å². The maximum atomic E-state index is 13.0. The van der Waals surface area contributed by atoms with Crippen molar-refractivity contribution in [1.82, 2.24) is 0 Å². The van der Waals surface area contributed by atoms with Crippen LogP contribution in [0.3, 0.4) is 0 Å². The van der Waals surface area contributed by atoms with E-state index in [9.17, 15) is 27.6 Å². The summed E-state index contributed by atoms with van der Waals surface area (Å²) in [6.07, 6.45) is -4.63. The number of carbonyl (C=O) groups excluding carboxylic acids is 3. The molecule has 0 unspecified atom stereocenters. The van der Waals surface area contributed by atoms with E-state index in [1.807, 2.05) is 0 Å². The number of imide groups is 1. The Morgan fingerprint density at radius 1 is 0.906 bits per heavy atom. The molecule has 3 aromatic carbocycles. The van der Waals surface area contributed by atoms with Crippen molar-refractivity contribution in [3.05, 3.63) is 99.6 Å². The summed E-state index contributed by atoms with van der Waals surface area (Å²) in [7, 11) is 0. The molecule has 32 heavy (non-hydrogen) atoms. The third-order valence-electron chi connectivity index (χ3n) is 4.84. The highest BCUT2D eigenvalue weighted by Crippen LogP contribution is 2.34. The van der Waals surface area contributed by atoms with Crippen molar-refractivity contribution in [1.29, 1.82) is 0 Å². The van der Waals surface area contributed by atoms with Gasteiger partial charge in [0.1, 0.15) is 6.61 Å². The number of nitrogens with zero attached hydrogens (tertiary/aromatic N) is 1. The minimum absolute atomic E-state index is 0.0123. The first-order valence-electron chi connectivity index (χ1n) is 9.27. The molecule has 0 N–H and O–H groups in total. The molecule has 0 radical (unpaired) electrons. The Morgan fingerprint density at radius 3 is 2.28 bits per heavy atom. The zero-order valence-corrected chi connectivity index (χ0v) is 16.9. The van der Waals surface area contributed by atoms with Crippen molar-refractivity contribution in [3.63, 3.8) is 0 Å². The zero-order valence-electron chi connectivity index (χ0n) is 16.2. The monoisotopic (exact) mass is 459 g/mol. The van der Waals surface area contributed by atoms with Crippen LogP contribution in [0.1, 0.15) is 42.2 Å². The zero-order chi connectivity index (χ0) is 23.0. The number of alkyl halides is 3. The lowest BCUT2D eigenvalue weighted by Gasteiger charge is -2.16. The SMILES string of the molecule is O=C(OCc1ccc(Cl)cc1)c1ccc2c(c1)C(=O)N(c1cccc(C(F)(F)F)c1)C2=O. The first-order valence-corrected chi connectivity index (χ1v) is 9.64. The Balaban J connectivity index is 1.56. The van der Waals surface area contributed by atoms with Crippen LogP contribution >= 0.6 is 11.6 Å². The maximum absolute atomic E-state index is 13.0. The lowest BCUT2D eigenvalue weighted by atomic mass is 10.1. The number of rotatable bonds is 4. The van der Waals surface area contributed by atoms with Crippen LogP contribution in [0.4, 0.5) is 18.9 Å². The summed E-state index contributed by atoms with van der Waals surface area (Å²) in [6.45, 7) is -0.0314. The highest BCUT2D eigenvalue weighted by atomic mass is 35.5. The summed E-state index contributed by atoms with van der Waals surface area (Å²) < 4.78 is 44.3. The number of halogens is 4. The molecule has 2 amide bonds. The highest BCUT2D eigenvalue weighted by molar-refractivity contribution is 6.34. The fourth-order valence-electron chi connectivity index (χ4n) is 3.24. The van der Waals surface area contributed by atoms with Crippen LogP contribution in [-0.2, 0) is 17.5 Å². The molecular formula is C23H13ClF3NO4. The number of carbonyl (C=O) groups is 3. The van der Waals surface area contributed by atoms with Gasteiger partial charge >= 0.3 is 12.1 Å². The second-order valence-electron chi connectivity index (χ2n) is 6.96. The van der Waals surface area contributed by atoms with Gasteiger partial charge in [0, 0.05) is 5.02 Å². The van der Waals surface area contributed by atoms with E-state index in [-0.39, 0.29) is 29.0 Å². The Hall–Kier alpha value is -3.65. The second-order valence-corrected chi connectivity index (χ2v) is 7.39. The van der Waals surface area contributed by atoms with E-state index in [0.717, 1.165) is 18.2 Å². The first-order chi connectivity index (χ1) is 15.1. The maximum Gasteiger partial charge on any atom is 0.416 e. The third-order valence-corrected chi connectivity index (χ3v) is 5.09. The third kappa shape index (κ3) is 4.09. The predicted octanol–water partition coefficient (Wildman–Crippen LogP) is 5.52. The Labute approximate surface area is 185 Å². The number of hydrogen-bond acceptors (Lipinski definition) is 4. The van der Waals surface area contributed by atoms with Gasteiger partial charge in [0.25, 0.3) is 11.8 Å². The van der Waals surface area contributed by atoms with Crippen LogP contribution in [0.2, 0.25) is 5.02 Å². The Morgan fingerprint density at radius 2 is 1.59 bits per heavy atom. The molecule has 5 nitrogen and oxygen atoms in total. The number of ether oxygens (including phenoxy) is 1. The number of amides is 2. The molecule has 4 rings (SSSR count). The molecule has 0 bridgehead atoms. The molecule has 3 aromatic rings. The van der Waals surface area contributed by atoms with Gasteiger partial charge in [0.15, 0.2) is 0 Å². The minimum atomic E-state index is -4.63. The normalized spacial score (nSPS) is 13.3. The first kappa shape index (κ1) is 21.6. The molecule has 1 aliphatic heterocycles. The van der Waals surface area contributed by atoms with Gasteiger partial charge in [0.05, 0.1) is 27.9 Å². The lowest BCUT2D eigenvalue weighted by Crippen LogP contribution is -2.29. The van der Waals surface area contributed by atoms with Crippen molar-refractivity contribution in [3.8, 4) is 0 Å². The summed E-state index contributed by atoms with van der Waals surface area (Å²) in [5.41, 5.74) is -0.568. The van der Waals surface area contributed by atoms with Gasteiger partial charge in [-0.05, 0) is 54.1 Å². The summed E-state index contributed by atoms with van der Waals surface area (Å²) >= 11 is 5.81. The van der Waals surface area contributed by atoms with E-state index in [2.05, 4.69) is 0 Å². The summed E-state index contributed by atoms with van der Waals surface area (Å²) in [4.78, 5) is 38.6. The van der Waals surface area contributed by atoms with Crippen LogP contribution in [0.5, 0.6) is 0 Å². The van der Waals surface area contributed by atoms with Gasteiger partial charge in [-0.2, -0.15) is 13.2 Å². The van der Waals surface area contributed by atoms with E-state index in [1.54, 1.807) is 24.3 Å². The van der Waals surface area contributed by atoms with Gasteiger partial charge in [-0.1, -0.05) is 29.8 Å². The topological polar surface area (TPSA) is 63.7 Å². The van der Waals surface area contributed by atoms with Crippen LogP contribution in [0, 0.1) is 0 Å². The molecule has 0 aliphatic carbocycles. The summed E-state index contributed by atoms with van der Waals surface area (Å²) in [5, 5.41) is 0.534. The van der Waals surface area contributed by atoms with E-state index >= 15 is 0 Å². The predicted molar refractivity (Wildman–Crippen MR) is 110 cm³/mol. The molecule has 9 heteroatoms. The van der Waals surface area contributed by atoms with E-state index < -0.39 is 29.5 Å². The van der Waals surface area contributed by atoms with Crippen LogP contribution < -0.4 is 4.90 Å². The number of hydrogen-bond donors (Lipinski definition) is 0. The minimum Gasteiger partial charge on any atom is -0.457 e. The Kier molecular flexibility index (Phi) is 5.48. The molecule has 0 saturated carbocycles. The fraction of sp³-hybridized carbons (Fsp3) is 0.0870. The molecule has 0 fully saturated rings. The molecule has 1 aliphatic rings. The smallest absolute Gasteiger partial charge is 0.416 e. The van der Waals surface area contributed by atoms with Crippen LogP contribution in [0.25, 0.3) is 0 Å². The Bertz CT molecular complexity index is 1240. The van der Waals surface area contributed by atoms with Gasteiger partial charge in [0.2, 0.25) is 0 Å².